The third-order valence-electron chi connectivity index (χ3n) is 5.77. The summed E-state index contributed by atoms with van der Waals surface area (Å²) in [5, 5.41) is 2.94. The molecule has 2 aliphatic heterocycles. The largest absolute Gasteiger partial charge is 0.379 e. The number of imide groups is 1. The molecule has 0 bridgehead atoms. The number of hydrogen-bond acceptors (Lipinski definition) is 5. The molecule has 2 aliphatic rings. The molecule has 0 spiro atoms. The van der Waals surface area contributed by atoms with Gasteiger partial charge >= 0.3 is 0 Å². The van der Waals surface area contributed by atoms with Gasteiger partial charge in [-0.25, -0.2) is 0 Å². The second kappa shape index (κ2) is 9.85. The Hall–Kier alpha value is -3.03. The predicted octanol–water partition coefficient (Wildman–Crippen LogP) is 1.73. The monoisotopic (exact) mass is 421 g/mol. The number of carbonyl (C=O) groups is 3. The van der Waals surface area contributed by atoms with Crippen LogP contribution < -0.4 is 5.32 Å². The fraction of sp³-hybridized carbons (Fsp3) is 0.375. The molecule has 2 heterocycles. The molecule has 0 aromatic heterocycles. The van der Waals surface area contributed by atoms with E-state index in [0.717, 1.165) is 49.7 Å². The molecule has 2 aromatic rings. The highest BCUT2D eigenvalue weighted by Gasteiger charge is 2.42. The molecular weight excluding hydrogens is 394 g/mol. The summed E-state index contributed by atoms with van der Waals surface area (Å²) in [6.07, 6.45) is 1.08. The topological polar surface area (TPSA) is 79.0 Å². The maximum atomic E-state index is 13.1. The van der Waals surface area contributed by atoms with Crippen molar-refractivity contribution < 1.29 is 19.1 Å². The first-order valence-corrected chi connectivity index (χ1v) is 10.7. The van der Waals surface area contributed by atoms with Gasteiger partial charge in [-0.1, -0.05) is 42.5 Å². The molecule has 2 aromatic carbocycles. The van der Waals surface area contributed by atoms with Gasteiger partial charge in [-0.15, -0.1) is 0 Å². The van der Waals surface area contributed by atoms with Crippen molar-refractivity contribution in [2.75, 3.05) is 39.4 Å². The summed E-state index contributed by atoms with van der Waals surface area (Å²) in [5.74, 6) is -1.13. The van der Waals surface area contributed by atoms with Crippen LogP contribution in [0.5, 0.6) is 0 Å². The van der Waals surface area contributed by atoms with Gasteiger partial charge < -0.3 is 10.1 Å². The smallest absolute Gasteiger partial charge is 0.262 e. The van der Waals surface area contributed by atoms with Gasteiger partial charge in [-0.3, -0.25) is 24.2 Å². The van der Waals surface area contributed by atoms with E-state index >= 15 is 0 Å². The van der Waals surface area contributed by atoms with Crippen LogP contribution in [0.15, 0.2) is 54.6 Å². The van der Waals surface area contributed by atoms with Crippen LogP contribution in [0.3, 0.4) is 0 Å². The maximum Gasteiger partial charge on any atom is 0.262 e. The molecule has 0 saturated carbocycles. The number of morpholine rings is 1. The zero-order valence-corrected chi connectivity index (χ0v) is 17.5. The van der Waals surface area contributed by atoms with Crippen molar-refractivity contribution in [3.63, 3.8) is 0 Å². The van der Waals surface area contributed by atoms with Crippen LogP contribution >= 0.6 is 0 Å². The van der Waals surface area contributed by atoms with Crippen LogP contribution in [-0.4, -0.2) is 73.0 Å². The fourth-order valence-electron chi connectivity index (χ4n) is 4.09. The van der Waals surface area contributed by atoms with Crippen LogP contribution in [-0.2, 0) is 16.0 Å². The molecule has 1 saturated heterocycles. The van der Waals surface area contributed by atoms with Gasteiger partial charge in [0.25, 0.3) is 11.8 Å². The maximum absolute atomic E-state index is 13.1. The first-order chi connectivity index (χ1) is 15.1. The molecule has 7 heteroatoms. The average molecular weight is 421 g/mol. The van der Waals surface area contributed by atoms with Crippen LogP contribution in [0, 0.1) is 0 Å². The number of rotatable bonds is 8. The number of benzene rings is 2. The highest BCUT2D eigenvalue weighted by Crippen LogP contribution is 2.26. The number of carbonyl (C=O) groups excluding carboxylic acids is 3. The number of ether oxygens (including phenoxy) is 1. The number of amides is 3. The molecular formula is C24H27N3O4. The summed E-state index contributed by atoms with van der Waals surface area (Å²) in [5.41, 5.74) is 1.60. The highest BCUT2D eigenvalue weighted by atomic mass is 16.5. The number of nitrogens with one attached hydrogen (secondary N) is 1. The Kier molecular flexibility index (Phi) is 6.74. The van der Waals surface area contributed by atoms with Crippen LogP contribution in [0.25, 0.3) is 0 Å². The van der Waals surface area contributed by atoms with E-state index in [1.807, 2.05) is 30.3 Å². The summed E-state index contributed by atoms with van der Waals surface area (Å²) >= 11 is 0. The van der Waals surface area contributed by atoms with E-state index in [2.05, 4.69) is 10.2 Å². The van der Waals surface area contributed by atoms with Gasteiger partial charge in [0.05, 0.1) is 24.3 Å². The van der Waals surface area contributed by atoms with Gasteiger partial charge in [-0.05, 0) is 30.7 Å². The molecule has 0 aliphatic carbocycles. The Morgan fingerprint density at radius 3 is 2.19 bits per heavy atom. The Balaban J connectivity index is 1.45. The number of fused-ring (bicyclic) bond motifs is 1. The van der Waals surface area contributed by atoms with Crippen molar-refractivity contribution in [3.8, 4) is 0 Å². The van der Waals surface area contributed by atoms with Crippen molar-refractivity contribution in [1.82, 2.24) is 15.1 Å². The lowest BCUT2D eigenvalue weighted by Gasteiger charge is -2.27. The van der Waals surface area contributed by atoms with Crippen molar-refractivity contribution >= 4 is 17.7 Å². The summed E-state index contributed by atoms with van der Waals surface area (Å²) in [6, 6.07) is 15.3. The van der Waals surface area contributed by atoms with E-state index in [1.54, 1.807) is 24.3 Å². The van der Waals surface area contributed by atoms with Crippen LogP contribution in [0.2, 0.25) is 0 Å². The molecule has 1 unspecified atom stereocenters. The molecule has 7 nitrogen and oxygen atoms in total. The second-order valence-corrected chi connectivity index (χ2v) is 7.83. The second-order valence-electron chi connectivity index (χ2n) is 7.83. The third-order valence-corrected chi connectivity index (χ3v) is 5.77. The van der Waals surface area contributed by atoms with Crippen LogP contribution in [0.1, 0.15) is 32.7 Å². The summed E-state index contributed by atoms with van der Waals surface area (Å²) < 4.78 is 5.36. The van der Waals surface area contributed by atoms with Gasteiger partial charge in [0.15, 0.2) is 0 Å². The molecule has 0 radical (unpaired) electrons. The molecule has 1 fully saturated rings. The lowest BCUT2D eigenvalue weighted by atomic mass is 10.0. The van der Waals surface area contributed by atoms with E-state index in [4.69, 9.17) is 4.74 Å². The molecule has 1 atom stereocenters. The Morgan fingerprint density at radius 2 is 1.55 bits per heavy atom. The minimum Gasteiger partial charge on any atom is -0.379 e. The summed E-state index contributed by atoms with van der Waals surface area (Å²) in [4.78, 5) is 42.5. The van der Waals surface area contributed by atoms with E-state index in [1.165, 1.54) is 0 Å². The van der Waals surface area contributed by atoms with E-state index in [9.17, 15) is 14.4 Å². The first-order valence-electron chi connectivity index (χ1n) is 10.7. The normalized spacial score (nSPS) is 17.5. The Morgan fingerprint density at radius 1 is 0.935 bits per heavy atom. The zero-order valence-electron chi connectivity index (χ0n) is 17.5. The molecule has 3 amide bonds. The molecule has 4 rings (SSSR count). The Bertz CT molecular complexity index is 906. The third kappa shape index (κ3) is 4.84. The highest BCUT2D eigenvalue weighted by molar-refractivity contribution is 6.22. The molecule has 31 heavy (non-hydrogen) atoms. The summed E-state index contributed by atoms with van der Waals surface area (Å²) in [6.45, 7) is 4.65. The van der Waals surface area contributed by atoms with Crippen molar-refractivity contribution in [2.45, 2.75) is 18.9 Å². The van der Waals surface area contributed by atoms with E-state index in [-0.39, 0.29) is 12.3 Å². The van der Waals surface area contributed by atoms with Crippen molar-refractivity contribution in [3.05, 3.63) is 71.3 Å². The van der Waals surface area contributed by atoms with Gasteiger partial charge in [0, 0.05) is 26.1 Å². The molecule has 1 N–H and O–H groups in total. The SMILES string of the molecule is O=C(NCCCN1CCOCC1)C(Cc1ccccc1)N1C(=O)c2ccccc2C1=O. The minimum atomic E-state index is -0.891. The van der Waals surface area contributed by atoms with Gasteiger partial charge in [0.1, 0.15) is 6.04 Å². The van der Waals surface area contributed by atoms with E-state index in [0.29, 0.717) is 17.7 Å². The minimum absolute atomic E-state index is 0.279. The summed E-state index contributed by atoms with van der Waals surface area (Å²) in [7, 11) is 0. The quantitative estimate of drug-likeness (QED) is 0.519. The van der Waals surface area contributed by atoms with Gasteiger partial charge in [-0.2, -0.15) is 0 Å². The molecule has 162 valence electrons. The van der Waals surface area contributed by atoms with Crippen molar-refractivity contribution in [2.24, 2.45) is 0 Å². The van der Waals surface area contributed by atoms with Gasteiger partial charge in [0.2, 0.25) is 5.91 Å². The van der Waals surface area contributed by atoms with E-state index < -0.39 is 17.9 Å². The van der Waals surface area contributed by atoms with Crippen molar-refractivity contribution in [1.29, 1.82) is 0 Å². The number of nitrogens with zero attached hydrogens (tertiary/aromatic N) is 2. The van der Waals surface area contributed by atoms with Crippen LogP contribution in [0.4, 0.5) is 0 Å². The average Bonchev–Trinajstić information content (AvgIpc) is 3.06. The lowest BCUT2D eigenvalue weighted by molar-refractivity contribution is -0.125. The predicted molar refractivity (Wildman–Crippen MR) is 116 cm³/mol. The zero-order chi connectivity index (χ0) is 21.6. The first kappa shape index (κ1) is 21.2. The standard InChI is InChI=1S/C24H27N3O4/c28-22(25-11-6-12-26-13-15-31-16-14-26)21(17-18-7-2-1-3-8-18)27-23(29)19-9-4-5-10-20(19)24(27)30/h1-5,7-10,21H,6,11-17H2,(H,25,28). The fourth-order valence-corrected chi connectivity index (χ4v) is 4.09. The number of hydrogen-bond donors (Lipinski definition) is 1. The Labute approximate surface area is 182 Å². The lowest BCUT2D eigenvalue weighted by Crippen LogP contribution is -2.51.